The van der Waals surface area contributed by atoms with Crippen molar-refractivity contribution in [1.29, 1.82) is 0 Å². The fourth-order valence-electron chi connectivity index (χ4n) is 1.16. The molecule has 0 bridgehead atoms. The van der Waals surface area contributed by atoms with Gasteiger partial charge in [-0.25, -0.2) is 8.78 Å². The van der Waals surface area contributed by atoms with Gasteiger partial charge in [0.2, 0.25) is 0 Å². The molecular weight excluding hydrogens is 188 g/mol. The van der Waals surface area contributed by atoms with Crippen molar-refractivity contribution in [1.82, 2.24) is 4.57 Å². The largest absolute Gasteiger partial charge is 0.507 e. The van der Waals surface area contributed by atoms with E-state index in [1.165, 1.54) is 16.7 Å². The Morgan fingerprint density at radius 2 is 1.86 bits per heavy atom. The summed E-state index contributed by atoms with van der Waals surface area (Å²) in [6.07, 6.45) is 2.01. The molecule has 1 aromatic heterocycles. The average Bonchev–Trinajstić information content (AvgIpc) is 2.47. The minimum Gasteiger partial charge on any atom is -0.507 e. The summed E-state index contributed by atoms with van der Waals surface area (Å²) in [4.78, 5) is 0. The van der Waals surface area contributed by atoms with Crippen molar-refractivity contribution in [3.63, 3.8) is 0 Å². The summed E-state index contributed by atoms with van der Waals surface area (Å²) in [7, 11) is 0. The van der Waals surface area contributed by atoms with Gasteiger partial charge in [-0.1, -0.05) is 0 Å². The molecule has 1 aromatic carbocycles. The standard InChI is InChI=1S/C10H6F2NO/c11-9-5-13(6-10(9)12)7-2-1-3-8(14)4-7/h1-2,4-6,14H. The van der Waals surface area contributed by atoms with Crippen molar-refractivity contribution in [2.45, 2.75) is 0 Å². The van der Waals surface area contributed by atoms with Gasteiger partial charge in [-0.3, -0.25) is 0 Å². The van der Waals surface area contributed by atoms with Crippen LogP contribution in [0.25, 0.3) is 5.69 Å². The predicted molar refractivity (Wildman–Crippen MR) is 46.2 cm³/mol. The maximum absolute atomic E-state index is 12.7. The number of hydrogen-bond acceptors (Lipinski definition) is 1. The SMILES string of the molecule is Oc1[c]ccc(-n2cc(F)c(F)c2)c1. The van der Waals surface area contributed by atoms with E-state index in [0.717, 1.165) is 12.4 Å². The summed E-state index contributed by atoms with van der Waals surface area (Å²) in [5, 5.41) is 9.09. The lowest BCUT2D eigenvalue weighted by atomic mass is 10.3. The normalized spacial score (nSPS) is 10.4. The summed E-state index contributed by atoms with van der Waals surface area (Å²) in [6.45, 7) is 0. The molecule has 71 valence electrons. The molecule has 2 nitrogen and oxygen atoms in total. The van der Waals surface area contributed by atoms with Gasteiger partial charge in [0, 0.05) is 30.2 Å². The molecule has 0 aliphatic rings. The zero-order valence-corrected chi connectivity index (χ0v) is 7.04. The van der Waals surface area contributed by atoms with Crippen molar-refractivity contribution in [3.05, 3.63) is 48.3 Å². The van der Waals surface area contributed by atoms with E-state index in [9.17, 15) is 8.78 Å². The molecule has 0 aliphatic heterocycles. The monoisotopic (exact) mass is 194 g/mol. The van der Waals surface area contributed by atoms with Gasteiger partial charge in [0.1, 0.15) is 5.75 Å². The van der Waals surface area contributed by atoms with Crippen LogP contribution in [0.15, 0.2) is 30.6 Å². The molecule has 2 rings (SSSR count). The van der Waals surface area contributed by atoms with Crippen LogP contribution >= 0.6 is 0 Å². The summed E-state index contributed by atoms with van der Waals surface area (Å²) < 4.78 is 26.6. The van der Waals surface area contributed by atoms with Crippen molar-refractivity contribution < 1.29 is 13.9 Å². The number of rotatable bonds is 1. The minimum atomic E-state index is -0.919. The van der Waals surface area contributed by atoms with E-state index in [1.54, 1.807) is 6.07 Å². The molecule has 0 unspecified atom stereocenters. The molecule has 0 amide bonds. The van der Waals surface area contributed by atoms with Gasteiger partial charge in [0.15, 0.2) is 11.6 Å². The Balaban J connectivity index is 2.49. The van der Waals surface area contributed by atoms with Crippen LogP contribution in [-0.4, -0.2) is 9.67 Å². The van der Waals surface area contributed by atoms with E-state index < -0.39 is 11.6 Å². The summed E-state index contributed by atoms with van der Waals surface area (Å²) in [5.74, 6) is -1.91. The van der Waals surface area contributed by atoms with Crippen LogP contribution in [0.3, 0.4) is 0 Å². The molecule has 0 aliphatic carbocycles. The second kappa shape index (κ2) is 3.14. The Bertz CT molecular complexity index is 445. The second-order valence-corrected chi connectivity index (χ2v) is 2.79. The molecule has 0 spiro atoms. The summed E-state index contributed by atoms with van der Waals surface area (Å²) in [6, 6.07) is 6.93. The predicted octanol–water partition coefficient (Wildman–Crippen LogP) is 2.26. The highest BCUT2D eigenvalue weighted by molar-refractivity contribution is 5.38. The van der Waals surface area contributed by atoms with Crippen LogP contribution in [0.4, 0.5) is 8.78 Å². The van der Waals surface area contributed by atoms with Gasteiger partial charge in [0.05, 0.1) is 0 Å². The van der Waals surface area contributed by atoms with Gasteiger partial charge in [-0.2, -0.15) is 0 Å². The Kier molecular flexibility index (Phi) is 1.96. The first-order valence-electron chi connectivity index (χ1n) is 3.91. The molecule has 14 heavy (non-hydrogen) atoms. The van der Waals surface area contributed by atoms with Gasteiger partial charge in [0.25, 0.3) is 0 Å². The maximum Gasteiger partial charge on any atom is 0.176 e. The lowest BCUT2D eigenvalue weighted by Gasteiger charge is -2.01. The van der Waals surface area contributed by atoms with E-state index in [0.29, 0.717) is 5.69 Å². The Hall–Kier alpha value is -1.84. The lowest BCUT2D eigenvalue weighted by molar-refractivity contribution is 0.474. The molecule has 0 saturated carbocycles. The second-order valence-electron chi connectivity index (χ2n) is 2.79. The van der Waals surface area contributed by atoms with Crippen molar-refractivity contribution >= 4 is 0 Å². The number of aromatic hydroxyl groups is 1. The van der Waals surface area contributed by atoms with Crippen LogP contribution in [0.2, 0.25) is 0 Å². The number of phenols is 1. The van der Waals surface area contributed by atoms with E-state index in [2.05, 4.69) is 6.07 Å². The molecular formula is C10H6F2NO. The molecule has 1 heterocycles. The van der Waals surface area contributed by atoms with Gasteiger partial charge >= 0.3 is 0 Å². The third-order valence-corrected chi connectivity index (χ3v) is 1.80. The van der Waals surface area contributed by atoms with Crippen molar-refractivity contribution in [2.24, 2.45) is 0 Å². The minimum absolute atomic E-state index is 0.0722. The first-order valence-corrected chi connectivity index (χ1v) is 3.91. The van der Waals surface area contributed by atoms with Crippen LogP contribution < -0.4 is 0 Å². The number of aromatic nitrogens is 1. The Labute approximate surface area is 79.0 Å². The molecule has 0 saturated heterocycles. The molecule has 4 heteroatoms. The zero-order valence-electron chi connectivity index (χ0n) is 7.04. The fraction of sp³-hybridized carbons (Fsp3) is 0. The van der Waals surface area contributed by atoms with Crippen LogP contribution in [-0.2, 0) is 0 Å². The highest BCUT2D eigenvalue weighted by Gasteiger charge is 2.06. The van der Waals surface area contributed by atoms with Crippen molar-refractivity contribution in [2.75, 3.05) is 0 Å². The first-order chi connectivity index (χ1) is 6.66. The quantitative estimate of drug-likeness (QED) is 0.740. The number of nitrogens with zero attached hydrogens (tertiary/aromatic N) is 1. The van der Waals surface area contributed by atoms with Crippen LogP contribution in [0.1, 0.15) is 0 Å². The molecule has 2 aromatic rings. The summed E-state index contributed by atoms with van der Waals surface area (Å²) in [5.41, 5.74) is 0.476. The van der Waals surface area contributed by atoms with E-state index in [1.807, 2.05) is 0 Å². The van der Waals surface area contributed by atoms with Crippen molar-refractivity contribution in [3.8, 4) is 11.4 Å². The van der Waals surface area contributed by atoms with Gasteiger partial charge in [-0.05, 0) is 12.1 Å². The van der Waals surface area contributed by atoms with E-state index >= 15 is 0 Å². The molecule has 0 atom stereocenters. The highest BCUT2D eigenvalue weighted by atomic mass is 19.2. The van der Waals surface area contributed by atoms with Gasteiger partial charge < -0.3 is 9.67 Å². The molecule has 1 radical (unpaired) electrons. The van der Waals surface area contributed by atoms with E-state index in [-0.39, 0.29) is 5.75 Å². The summed E-state index contributed by atoms with van der Waals surface area (Å²) >= 11 is 0. The smallest absolute Gasteiger partial charge is 0.176 e. The highest BCUT2D eigenvalue weighted by Crippen LogP contribution is 2.17. The number of halogens is 2. The average molecular weight is 194 g/mol. The van der Waals surface area contributed by atoms with Crippen LogP contribution in [0, 0.1) is 17.7 Å². The lowest BCUT2D eigenvalue weighted by Crippen LogP contribution is -1.88. The molecule has 1 N–H and O–H groups in total. The van der Waals surface area contributed by atoms with Crippen LogP contribution in [0.5, 0.6) is 5.75 Å². The third kappa shape index (κ3) is 1.46. The van der Waals surface area contributed by atoms with Gasteiger partial charge in [-0.15, -0.1) is 0 Å². The Morgan fingerprint density at radius 1 is 1.21 bits per heavy atom. The Morgan fingerprint density at radius 3 is 2.43 bits per heavy atom. The third-order valence-electron chi connectivity index (χ3n) is 1.80. The zero-order chi connectivity index (χ0) is 10.1. The number of hydrogen-bond donors (Lipinski definition) is 1. The molecule has 0 fully saturated rings. The maximum atomic E-state index is 12.7. The topological polar surface area (TPSA) is 25.2 Å². The first kappa shape index (κ1) is 8.74. The van der Waals surface area contributed by atoms with E-state index in [4.69, 9.17) is 5.11 Å². The fourth-order valence-corrected chi connectivity index (χ4v) is 1.16. The number of phenolic OH excluding ortho intramolecular Hbond substituents is 1. The number of benzene rings is 1.